The van der Waals surface area contributed by atoms with Crippen molar-refractivity contribution in [3.8, 4) is 11.3 Å². The number of benzene rings is 2. The van der Waals surface area contributed by atoms with E-state index >= 15 is 0 Å². The summed E-state index contributed by atoms with van der Waals surface area (Å²) in [6.45, 7) is 2.01. The predicted molar refractivity (Wildman–Crippen MR) is 154 cm³/mol. The maximum absolute atomic E-state index is 14.2. The van der Waals surface area contributed by atoms with Gasteiger partial charge in [-0.1, -0.05) is 43.2 Å². The fourth-order valence-electron chi connectivity index (χ4n) is 6.28. The molecule has 3 fully saturated rings. The maximum Gasteiger partial charge on any atom is 0.407 e. The number of aromatic nitrogens is 2. The van der Waals surface area contributed by atoms with Gasteiger partial charge in [0.2, 0.25) is 0 Å². The van der Waals surface area contributed by atoms with Crippen molar-refractivity contribution in [2.45, 2.75) is 63.1 Å². The number of imidazole rings is 1. The van der Waals surface area contributed by atoms with Crippen molar-refractivity contribution in [1.82, 2.24) is 25.1 Å². The monoisotopic (exact) mass is 577 g/mol. The number of carbonyl (C=O) groups is 2. The Morgan fingerprint density at radius 3 is 2.55 bits per heavy atom. The highest BCUT2D eigenvalue weighted by atomic mass is 19.1. The van der Waals surface area contributed by atoms with Gasteiger partial charge in [0.05, 0.1) is 30.7 Å². The number of rotatable bonds is 8. The number of alkyl carbamates (subject to hydrolysis) is 1. The van der Waals surface area contributed by atoms with Crippen LogP contribution in [0.25, 0.3) is 11.3 Å². The molecule has 2 aliphatic carbocycles. The number of nitrogens with one attached hydrogen (secondary N) is 2. The second kappa shape index (κ2) is 12.6. The number of ether oxygens (including phenoxy) is 1. The van der Waals surface area contributed by atoms with E-state index in [4.69, 9.17) is 4.74 Å². The average molecular weight is 578 g/mol. The Morgan fingerprint density at radius 1 is 1.02 bits per heavy atom. The highest BCUT2D eigenvalue weighted by Gasteiger charge is 2.35. The van der Waals surface area contributed by atoms with Crippen molar-refractivity contribution < 1.29 is 23.1 Å². The molecule has 222 valence electrons. The van der Waals surface area contributed by atoms with Crippen molar-refractivity contribution in [1.29, 1.82) is 0 Å². The van der Waals surface area contributed by atoms with E-state index in [0.29, 0.717) is 55.5 Å². The van der Waals surface area contributed by atoms with Gasteiger partial charge in [0, 0.05) is 37.3 Å². The molecule has 2 N–H and O–H groups in total. The summed E-state index contributed by atoms with van der Waals surface area (Å²) in [6.07, 6.45) is 7.49. The molecule has 0 radical (unpaired) electrons. The number of halogens is 2. The second-order valence-electron chi connectivity index (χ2n) is 11.7. The van der Waals surface area contributed by atoms with Crippen LogP contribution in [-0.2, 0) is 11.2 Å². The molecule has 0 bridgehead atoms. The molecule has 2 saturated carbocycles. The Hall–Kier alpha value is -3.79. The highest BCUT2D eigenvalue weighted by molar-refractivity contribution is 5.98. The predicted octanol–water partition coefficient (Wildman–Crippen LogP) is 5.10. The molecule has 1 aliphatic heterocycles. The Bertz CT molecular complexity index is 1390. The number of piperazine rings is 1. The van der Waals surface area contributed by atoms with E-state index in [2.05, 4.69) is 15.6 Å². The quantitative estimate of drug-likeness (QED) is 0.389. The smallest absolute Gasteiger partial charge is 0.407 e. The Kier molecular flexibility index (Phi) is 8.51. The van der Waals surface area contributed by atoms with Crippen molar-refractivity contribution in [3.05, 3.63) is 77.8 Å². The van der Waals surface area contributed by atoms with Gasteiger partial charge in [-0.3, -0.25) is 4.79 Å². The summed E-state index contributed by atoms with van der Waals surface area (Å²) in [6, 6.07) is 12.7. The molecule has 10 heteroatoms. The standard InChI is InChI=1S/C32H37F2N5O3/c33-24-14-22(15-25(34)17-24)16-26-18-35-12-13-38(26)31(40)29-30(23-6-2-1-3-7-23)39(20-36-29)28-9-5-4-8-27(28)37-32(41)42-19-21-10-11-21/h1-3,6-7,14-15,17,20-21,26-28,35H,4-5,8-13,16,18-19H2,(H,37,41)/t26-,27+,28+/m1/s1. The van der Waals surface area contributed by atoms with Crippen molar-refractivity contribution in [2.24, 2.45) is 5.92 Å². The van der Waals surface area contributed by atoms with Gasteiger partial charge in [0.15, 0.2) is 5.69 Å². The summed E-state index contributed by atoms with van der Waals surface area (Å²) in [7, 11) is 0. The van der Waals surface area contributed by atoms with Gasteiger partial charge in [-0.2, -0.15) is 0 Å². The number of nitrogens with zero attached hydrogens (tertiary/aromatic N) is 3. The van der Waals surface area contributed by atoms with E-state index < -0.39 is 17.7 Å². The van der Waals surface area contributed by atoms with Crippen LogP contribution in [0.5, 0.6) is 0 Å². The lowest BCUT2D eigenvalue weighted by Gasteiger charge is -2.36. The van der Waals surface area contributed by atoms with Gasteiger partial charge in [-0.15, -0.1) is 0 Å². The SMILES string of the molecule is O=C(N[C@H]1CCCC[C@@H]1n1cnc(C(=O)N2CCNC[C@H]2Cc2cc(F)cc(F)c2)c1-c1ccccc1)OCC1CC1. The second-order valence-corrected chi connectivity index (χ2v) is 11.7. The van der Waals surface area contributed by atoms with Crippen molar-refractivity contribution in [2.75, 3.05) is 26.2 Å². The first kappa shape index (κ1) is 28.3. The summed E-state index contributed by atoms with van der Waals surface area (Å²) >= 11 is 0. The van der Waals surface area contributed by atoms with Crippen molar-refractivity contribution >= 4 is 12.0 Å². The summed E-state index contributed by atoms with van der Waals surface area (Å²) in [5, 5.41) is 6.41. The molecule has 3 aliphatic rings. The topological polar surface area (TPSA) is 88.5 Å². The van der Waals surface area contributed by atoms with Crippen LogP contribution in [-0.4, -0.2) is 64.8 Å². The molecule has 2 amide bonds. The molecule has 3 atom stereocenters. The fourth-order valence-corrected chi connectivity index (χ4v) is 6.28. The third-order valence-electron chi connectivity index (χ3n) is 8.59. The first-order valence-electron chi connectivity index (χ1n) is 15.0. The lowest BCUT2D eigenvalue weighted by Crippen LogP contribution is -2.54. The molecule has 2 heterocycles. The Balaban J connectivity index is 1.29. The van der Waals surface area contributed by atoms with E-state index in [1.807, 2.05) is 34.9 Å². The molecule has 6 rings (SSSR count). The van der Waals surface area contributed by atoms with E-state index in [9.17, 15) is 18.4 Å². The van der Waals surface area contributed by atoms with Gasteiger partial charge >= 0.3 is 6.09 Å². The molecule has 0 unspecified atom stereocenters. The first-order chi connectivity index (χ1) is 20.5. The average Bonchev–Trinajstić information content (AvgIpc) is 3.72. The van der Waals surface area contributed by atoms with Gasteiger partial charge in [0.1, 0.15) is 11.6 Å². The van der Waals surface area contributed by atoms with E-state index in [1.54, 1.807) is 11.2 Å². The zero-order valence-electron chi connectivity index (χ0n) is 23.6. The molecule has 1 saturated heterocycles. The number of carbonyl (C=O) groups excluding carboxylic acids is 2. The lowest BCUT2D eigenvalue weighted by molar-refractivity contribution is 0.0631. The molecule has 3 aromatic rings. The Morgan fingerprint density at radius 2 is 1.79 bits per heavy atom. The number of hydrogen-bond donors (Lipinski definition) is 2. The van der Waals surface area contributed by atoms with Gasteiger partial charge in [-0.25, -0.2) is 18.6 Å². The fraction of sp³-hybridized carbons (Fsp3) is 0.469. The highest BCUT2D eigenvalue weighted by Crippen LogP contribution is 2.35. The molecule has 1 aromatic heterocycles. The summed E-state index contributed by atoms with van der Waals surface area (Å²) < 4.78 is 35.4. The largest absolute Gasteiger partial charge is 0.449 e. The third-order valence-corrected chi connectivity index (χ3v) is 8.59. The van der Waals surface area contributed by atoms with Crippen LogP contribution < -0.4 is 10.6 Å². The van der Waals surface area contributed by atoms with Crippen molar-refractivity contribution in [3.63, 3.8) is 0 Å². The first-order valence-corrected chi connectivity index (χ1v) is 15.0. The van der Waals surface area contributed by atoms with Crippen LogP contribution in [0, 0.1) is 17.6 Å². The van der Waals surface area contributed by atoms with Crippen LogP contribution in [0.2, 0.25) is 0 Å². The normalized spacial score (nSPS) is 22.5. The van der Waals surface area contributed by atoms with Gasteiger partial charge in [-0.05, 0) is 55.7 Å². The summed E-state index contributed by atoms with van der Waals surface area (Å²) in [5.41, 5.74) is 2.40. The maximum atomic E-state index is 14.2. The van der Waals surface area contributed by atoms with Crippen LogP contribution in [0.3, 0.4) is 0 Å². The Labute approximate surface area is 244 Å². The molecule has 8 nitrogen and oxygen atoms in total. The van der Waals surface area contributed by atoms with E-state index in [0.717, 1.165) is 50.2 Å². The minimum atomic E-state index is -0.635. The third kappa shape index (κ3) is 6.48. The van der Waals surface area contributed by atoms with Crippen LogP contribution in [0.1, 0.15) is 60.6 Å². The van der Waals surface area contributed by atoms with Gasteiger partial charge < -0.3 is 24.8 Å². The minimum absolute atomic E-state index is 0.0921. The number of hydrogen-bond acceptors (Lipinski definition) is 5. The van der Waals surface area contributed by atoms with Crippen LogP contribution in [0.4, 0.5) is 13.6 Å². The van der Waals surface area contributed by atoms with Crippen LogP contribution in [0.15, 0.2) is 54.9 Å². The number of amides is 2. The van der Waals surface area contributed by atoms with E-state index in [1.165, 1.54) is 12.1 Å². The zero-order chi connectivity index (χ0) is 29.1. The summed E-state index contributed by atoms with van der Waals surface area (Å²) in [4.78, 5) is 33.3. The summed E-state index contributed by atoms with van der Waals surface area (Å²) in [5.74, 6) is -1.01. The molecule has 0 spiro atoms. The molecular weight excluding hydrogens is 540 g/mol. The lowest BCUT2D eigenvalue weighted by atomic mass is 9.89. The van der Waals surface area contributed by atoms with Gasteiger partial charge in [0.25, 0.3) is 5.91 Å². The van der Waals surface area contributed by atoms with Crippen LogP contribution >= 0.6 is 0 Å². The molecular formula is C32H37F2N5O3. The molecule has 2 aromatic carbocycles. The minimum Gasteiger partial charge on any atom is -0.449 e. The van der Waals surface area contributed by atoms with E-state index in [-0.39, 0.29) is 24.0 Å². The molecule has 42 heavy (non-hydrogen) atoms. The zero-order valence-corrected chi connectivity index (χ0v) is 23.6.